The second-order valence-corrected chi connectivity index (χ2v) is 8.19. The largest absolute Gasteiger partial charge is 0.450 e. The third-order valence-corrected chi connectivity index (χ3v) is 6.12. The number of rotatable bonds is 8. The summed E-state index contributed by atoms with van der Waals surface area (Å²) in [4.78, 5) is 15.2. The van der Waals surface area contributed by atoms with Gasteiger partial charge in [-0.05, 0) is 30.5 Å². The minimum absolute atomic E-state index is 0.0103. The topological polar surface area (TPSA) is 49.8 Å². The maximum absolute atomic E-state index is 13.0. The summed E-state index contributed by atoms with van der Waals surface area (Å²) in [5, 5.41) is 11.5. The second-order valence-electron chi connectivity index (χ2n) is 8.19. The van der Waals surface area contributed by atoms with Gasteiger partial charge in [-0.3, -0.25) is 4.90 Å². The minimum Gasteiger partial charge on any atom is -0.450 e. The lowest BCUT2D eigenvalue weighted by Gasteiger charge is -2.36. The second kappa shape index (κ2) is 11.7. The molecule has 1 N–H and O–H groups in total. The molecule has 2 aromatic rings. The zero-order valence-corrected chi connectivity index (χ0v) is 18.4. The van der Waals surface area contributed by atoms with Gasteiger partial charge in [0.05, 0.1) is 6.54 Å². The monoisotopic (exact) mass is 419 g/mol. The molecule has 4 nitrogen and oxygen atoms in total. The number of benzene rings is 2. The molecule has 1 aliphatic rings. The van der Waals surface area contributed by atoms with E-state index >= 15 is 0 Å². The van der Waals surface area contributed by atoms with Gasteiger partial charge >= 0.3 is 5.97 Å². The van der Waals surface area contributed by atoms with Gasteiger partial charge in [0.2, 0.25) is 0 Å². The van der Waals surface area contributed by atoms with Gasteiger partial charge in [0.15, 0.2) is 12.2 Å². The molecule has 3 rings (SSSR count). The molecule has 0 radical (unpaired) electrons. The van der Waals surface area contributed by atoms with Crippen LogP contribution in [0.5, 0.6) is 0 Å². The van der Waals surface area contributed by atoms with Crippen molar-refractivity contribution >= 4 is 5.97 Å². The first-order chi connectivity index (χ1) is 15.1. The summed E-state index contributed by atoms with van der Waals surface area (Å²) in [7, 11) is 0. The molecule has 0 bridgehead atoms. The fourth-order valence-corrected chi connectivity index (χ4v) is 4.28. The van der Waals surface area contributed by atoms with Crippen LogP contribution >= 0.6 is 0 Å². The van der Waals surface area contributed by atoms with Crippen LogP contribution in [-0.2, 0) is 21.7 Å². The van der Waals surface area contributed by atoms with E-state index in [9.17, 15) is 9.90 Å². The lowest BCUT2D eigenvalue weighted by Crippen LogP contribution is -2.45. The number of carbonyl (C=O) groups is 1. The SMILES string of the molecule is CCN(CC#CCOC(=O)[C@@](O)(c1ccccc1)C1CCCCC1)Cc1ccccc1. The van der Waals surface area contributed by atoms with Crippen LogP contribution < -0.4 is 0 Å². The summed E-state index contributed by atoms with van der Waals surface area (Å²) in [5.74, 6) is 5.34. The van der Waals surface area contributed by atoms with Crippen LogP contribution in [0.2, 0.25) is 0 Å². The Hall–Kier alpha value is -2.61. The van der Waals surface area contributed by atoms with Crippen molar-refractivity contribution in [1.29, 1.82) is 0 Å². The number of aliphatic hydroxyl groups is 1. The lowest BCUT2D eigenvalue weighted by molar-refractivity contribution is -0.174. The molecule has 0 amide bonds. The molecule has 0 aromatic heterocycles. The predicted molar refractivity (Wildman–Crippen MR) is 123 cm³/mol. The first kappa shape index (κ1) is 23.1. The van der Waals surface area contributed by atoms with E-state index in [1.807, 2.05) is 48.5 Å². The predicted octanol–water partition coefficient (Wildman–Crippen LogP) is 4.52. The summed E-state index contributed by atoms with van der Waals surface area (Å²) in [5.41, 5.74) is 0.254. The van der Waals surface area contributed by atoms with E-state index in [0.717, 1.165) is 45.2 Å². The zero-order valence-electron chi connectivity index (χ0n) is 18.4. The van der Waals surface area contributed by atoms with E-state index in [-0.39, 0.29) is 12.5 Å². The van der Waals surface area contributed by atoms with Gasteiger partial charge in [0.25, 0.3) is 0 Å². The fourth-order valence-electron chi connectivity index (χ4n) is 4.28. The van der Waals surface area contributed by atoms with Crippen molar-refractivity contribution in [1.82, 2.24) is 4.90 Å². The minimum atomic E-state index is -1.61. The van der Waals surface area contributed by atoms with Gasteiger partial charge < -0.3 is 9.84 Å². The summed E-state index contributed by atoms with van der Waals surface area (Å²) in [6, 6.07) is 19.5. The molecular formula is C27H33NO3. The van der Waals surface area contributed by atoms with Crippen LogP contribution in [0.4, 0.5) is 0 Å². The average Bonchev–Trinajstić information content (AvgIpc) is 2.84. The highest BCUT2D eigenvalue weighted by molar-refractivity contribution is 5.81. The average molecular weight is 420 g/mol. The Morgan fingerprint density at radius 1 is 1.03 bits per heavy atom. The third-order valence-electron chi connectivity index (χ3n) is 6.12. The van der Waals surface area contributed by atoms with Gasteiger partial charge in [0.1, 0.15) is 0 Å². The Morgan fingerprint density at radius 2 is 1.68 bits per heavy atom. The molecule has 2 aromatic carbocycles. The van der Waals surface area contributed by atoms with E-state index in [2.05, 4.69) is 35.8 Å². The van der Waals surface area contributed by atoms with Crippen molar-refractivity contribution in [2.75, 3.05) is 19.7 Å². The van der Waals surface area contributed by atoms with Crippen molar-refractivity contribution in [2.24, 2.45) is 5.92 Å². The van der Waals surface area contributed by atoms with Crippen LogP contribution in [0.3, 0.4) is 0 Å². The standard InChI is InChI=1S/C27H33NO3/c1-2-28(22-23-14-6-3-7-15-23)20-12-13-21-31-26(29)27(30,24-16-8-4-9-17-24)25-18-10-5-11-19-25/h3-4,6-9,14-17,25,30H,2,5,10-11,18-22H2,1H3/t27-/m1/s1. The normalized spacial score (nSPS) is 16.2. The number of ether oxygens (including phenoxy) is 1. The van der Waals surface area contributed by atoms with E-state index in [1.165, 1.54) is 5.56 Å². The Morgan fingerprint density at radius 3 is 2.32 bits per heavy atom. The molecule has 0 aliphatic heterocycles. The van der Waals surface area contributed by atoms with Gasteiger partial charge in [-0.25, -0.2) is 4.79 Å². The van der Waals surface area contributed by atoms with Gasteiger partial charge in [-0.2, -0.15) is 0 Å². The van der Waals surface area contributed by atoms with Crippen molar-refractivity contribution < 1.29 is 14.6 Å². The fraction of sp³-hybridized carbons (Fsp3) is 0.444. The number of carbonyl (C=O) groups excluding carboxylic acids is 1. The zero-order chi connectivity index (χ0) is 21.9. The summed E-state index contributed by atoms with van der Waals surface area (Å²) in [6.45, 7) is 4.42. The highest BCUT2D eigenvalue weighted by Crippen LogP contribution is 2.40. The van der Waals surface area contributed by atoms with E-state index < -0.39 is 11.6 Å². The maximum Gasteiger partial charge on any atom is 0.344 e. The molecule has 0 saturated heterocycles. The van der Waals surface area contributed by atoms with E-state index in [4.69, 9.17) is 4.74 Å². The van der Waals surface area contributed by atoms with Gasteiger partial charge in [-0.15, -0.1) is 0 Å². The lowest BCUT2D eigenvalue weighted by atomic mass is 9.73. The van der Waals surface area contributed by atoms with Crippen molar-refractivity contribution in [3.63, 3.8) is 0 Å². The number of hydrogen-bond donors (Lipinski definition) is 1. The highest BCUT2D eigenvalue weighted by atomic mass is 16.5. The van der Waals surface area contributed by atoms with E-state index in [0.29, 0.717) is 12.1 Å². The summed E-state index contributed by atoms with van der Waals surface area (Å²) in [6.07, 6.45) is 4.87. The molecule has 1 aliphatic carbocycles. The molecule has 0 heterocycles. The smallest absolute Gasteiger partial charge is 0.344 e. The molecule has 4 heteroatoms. The summed E-state index contributed by atoms with van der Waals surface area (Å²) >= 11 is 0. The molecule has 31 heavy (non-hydrogen) atoms. The number of esters is 1. The molecule has 1 saturated carbocycles. The van der Waals surface area contributed by atoms with Gasteiger partial charge in [0, 0.05) is 12.5 Å². The van der Waals surface area contributed by atoms with Crippen LogP contribution in [0, 0.1) is 17.8 Å². The van der Waals surface area contributed by atoms with Crippen LogP contribution in [-0.4, -0.2) is 35.7 Å². The first-order valence-corrected chi connectivity index (χ1v) is 11.3. The molecule has 1 atom stereocenters. The van der Waals surface area contributed by atoms with Crippen molar-refractivity contribution in [2.45, 2.75) is 51.2 Å². The van der Waals surface area contributed by atoms with Crippen LogP contribution in [0.15, 0.2) is 60.7 Å². The molecule has 0 spiro atoms. The number of nitrogens with zero attached hydrogens (tertiary/aromatic N) is 1. The van der Waals surface area contributed by atoms with Gasteiger partial charge in [-0.1, -0.05) is 98.7 Å². The molecule has 0 unspecified atom stereocenters. The Kier molecular flexibility index (Phi) is 8.70. The van der Waals surface area contributed by atoms with Crippen molar-refractivity contribution in [3.05, 3.63) is 71.8 Å². The van der Waals surface area contributed by atoms with Crippen LogP contribution in [0.1, 0.15) is 50.2 Å². The maximum atomic E-state index is 13.0. The highest BCUT2D eigenvalue weighted by Gasteiger charge is 2.47. The molecule has 1 fully saturated rings. The van der Waals surface area contributed by atoms with Crippen molar-refractivity contribution in [3.8, 4) is 11.8 Å². The quantitative estimate of drug-likeness (QED) is 0.505. The Balaban J connectivity index is 1.59. The van der Waals surface area contributed by atoms with Crippen LogP contribution in [0.25, 0.3) is 0 Å². The first-order valence-electron chi connectivity index (χ1n) is 11.3. The number of hydrogen-bond acceptors (Lipinski definition) is 4. The molecular weight excluding hydrogens is 386 g/mol. The summed E-state index contributed by atoms with van der Waals surface area (Å²) < 4.78 is 5.47. The third kappa shape index (κ3) is 6.19. The molecule has 164 valence electrons. The Bertz CT molecular complexity index is 866. The Labute approximate surface area is 186 Å². The van der Waals surface area contributed by atoms with E-state index in [1.54, 1.807) is 0 Å².